The summed E-state index contributed by atoms with van der Waals surface area (Å²) in [6.07, 6.45) is 0. The molecular weight excluding hydrogens is 519 g/mol. The Hall–Kier alpha value is -2.26. The predicted molar refractivity (Wildman–Crippen MR) is 126 cm³/mol. The number of hydrogen-bond acceptors (Lipinski definition) is 3. The fraction of sp³-hybridized carbons (Fsp3) is 0.174. The minimum atomic E-state index is -4.09. The van der Waals surface area contributed by atoms with Crippen LogP contribution >= 0.6 is 27.5 Å². The van der Waals surface area contributed by atoms with Crippen molar-refractivity contribution >= 4 is 43.5 Å². The molecule has 0 unspecified atom stereocenters. The lowest BCUT2D eigenvalue weighted by Gasteiger charge is -2.23. The Balaban J connectivity index is 1.84. The highest BCUT2D eigenvalue weighted by molar-refractivity contribution is 9.10. The van der Waals surface area contributed by atoms with Gasteiger partial charge in [0.2, 0.25) is 15.9 Å². The van der Waals surface area contributed by atoms with Gasteiger partial charge in [-0.2, -0.15) is 4.31 Å². The number of amides is 1. The molecule has 0 aliphatic rings. The van der Waals surface area contributed by atoms with Gasteiger partial charge in [0.05, 0.1) is 17.5 Å². The molecule has 0 heterocycles. The second-order valence-electron chi connectivity index (χ2n) is 7.16. The van der Waals surface area contributed by atoms with E-state index in [-0.39, 0.29) is 23.0 Å². The molecule has 0 saturated carbocycles. The molecule has 0 aliphatic carbocycles. The van der Waals surface area contributed by atoms with Gasteiger partial charge in [-0.25, -0.2) is 12.8 Å². The average molecular weight is 540 g/mol. The Morgan fingerprint density at radius 3 is 2.31 bits per heavy atom. The fourth-order valence-corrected chi connectivity index (χ4v) is 4.84. The van der Waals surface area contributed by atoms with Gasteiger partial charge in [0, 0.05) is 21.6 Å². The average Bonchev–Trinajstić information content (AvgIpc) is 2.75. The molecule has 0 saturated heterocycles. The van der Waals surface area contributed by atoms with E-state index < -0.39 is 28.3 Å². The second kappa shape index (κ2) is 10.6. The third-order valence-electron chi connectivity index (χ3n) is 4.82. The van der Waals surface area contributed by atoms with Crippen LogP contribution in [0.5, 0.6) is 0 Å². The standard InChI is InChI=1S/C23H21BrClFN2O3S/c1-16(17-6-8-19(24)9-7-17)27-23(29)15-28(14-18-4-2-3-5-22(18)26)32(30,31)21-12-10-20(25)11-13-21/h2-13,16H,14-15H2,1H3,(H,27,29)/t16-/m1/s1. The molecule has 0 aliphatic heterocycles. The van der Waals surface area contributed by atoms with Crippen LogP contribution in [0.1, 0.15) is 24.1 Å². The second-order valence-corrected chi connectivity index (χ2v) is 10.4. The minimum absolute atomic E-state index is 0.0352. The van der Waals surface area contributed by atoms with Gasteiger partial charge in [-0.05, 0) is 55.0 Å². The molecule has 3 rings (SSSR count). The summed E-state index contributed by atoms with van der Waals surface area (Å²) in [6, 6.07) is 18.6. The summed E-state index contributed by atoms with van der Waals surface area (Å²) >= 11 is 9.24. The fourth-order valence-electron chi connectivity index (χ4n) is 3.08. The minimum Gasteiger partial charge on any atom is -0.348 e. The van der Waals surface area contributed by atoms with Crippen molar-refractivity contribution in [3.8, 4) is 0 Å². The molecule has 0 spiro atoms. The lowest BCUT2D eigenvalue weighted by atomic mass is 10.1. The molecule has 0 bridgehead atoms. The number of halogens is 3. The lowest BCUT2D eigenvalue weighted by Crippen LogP contribution is -2.41. The zero-order chi connectivity index (χ0) is 23.3. The first kappa shape index (κ1) is 24.4. The van der Waals surface area contributed by atoms with Crippen LogP contribution in [0.4, 0.5) is 4.39 Å². The lowest BCUT2D eigenvalue weighted by molar-refractivity contribution is -0.122. The van der Waals surface area contributed by atoms with Gasteiger partial charge in [0.25, 0.3) is 0 Å². The molecule has 168 valence electrons. The third-order valence-corrected chi connectivity index (χ3v) is 7.41. The van der Waals surface area contributed by atoms with Gasteiger partial charge >= 0.3 is 0 Å². The van der Waals surface area contributed by atoms with Gasteiger partial charge in [0.15, 0.2) is 0 Å². The molecule has 1 amide bonds. The summed E-state index contributed by atoms with van der Waals surface area (Å²) in [7, 11) is -4.09. The van der Waals surface area contributed by atoms with E-state index in [4.69, 9.17) is 11.6 Å². The monoisotopic (exact) mass is 538 g/mol. The third kappa shape index (κ3) is 6.16. The quantitative estimate of drug-likeness (QED) is 0.422. The van der Waals surface area contributed by atoms with E-state index in [1.165, 1.54) is 42.5 Å². The predicted octanol–water partition coefficient (Wildman–Crippen LogP) is 5.31. The van der Waals surface area contributed by atoms with E-state index in [9.17, 15) is 17.6 Å². The van der Waals surface area contributed by atoms with Crippen molar-refractivity contribution in [3.05, 3.63) is 99.2 Å². The molecular formula is C23H21BrClFN2O3S. The van der Waals surface area contributed by atoms with Crippen LogP contribution in [-0.4, -0.2) is 25.2 Å². The van der Waals surface area contributed by atoms with Gasteiger partial charge in [-0.15, -0.1) is 0 Å². The Labute approximate surface area is 200 Å². The van der Waals surface area contributed by atoms with Crippen molar-refractivity contribution in [2.45, 2.75) is 24.4 Å². The van der Waals surface area contributed by atoms with Gasteiger partial charge < -0.3 is 5.32 Å². The van der Waals surface area contributed by atoms with Gasteiger partial charge in [0.1, 0.15) is 5.82 Å². The van der Waals surface area contributed by atoms with Gasteiger partial charge in [-0.3, -0.25) is 4.79 Å². The molecule has 3 aromatic rings. The number of rotatable bonds is 8. The summed E-state index contributed by atoms with van der Waals surface area (Å²) in [5, 5.41) is 3.18. The van der Waals surface area contributed by atoms with Crippen molar-refractivity contribution < 1.29 is 17.6 Å². The van der Waals surface area contributed by atoms with Crippen molar-refractivity contribution in [1.82, 2.24) is 9.62 Å². The summed E-state index contributed by atoms with van der Waals surface area (Å²) in [5.74, 6) is -1.05. The molecule has 5 nitrogen and oxygen atoms in total. The van der Waals surface area contributed by atoms with E-state index in [0.717, 1.165) is 14.3 Å². The maximum atomic E-state index is 14.3. The van der Waals surface area contributed by atoms with Crippen molar-refractivity contribution in [1.29, 1.82) is 0 Å². The van der Waals surface area contributed by atoms with E-state index in [0.29, 0.717) is 5.02 Å². The topological polar surface area (TPSA) is 66.5 Å². The van der Waals surface area contributed by atoms with Crippen LogP contribution in [0.3, 0.4) is 0 Å². The number of carbonyl (C=O) groups excluding carboxylic acids is 1. The van der Waals surface area contributed by atoms with Crippen LogP contribution in [0, 0.1) is 5.82 Å². The summed E-state index contributed by atoms with van der Waals surface area (Å²) in [5.41, 5.74) is 1.03. The van der Waals surface area contributed by atoms with E-state index in [1.54, 1.807) is 13.0 Å². The Morgan fingerprint density at radius 1 is 1.06 bits per heavy atom. The van der Waals surface area contributed by atoms with E-state index in [2.05, 4.69) is 21.2 Å². The highest BCUT2D eigenvalue weighted by Gasteiger charge is 2.28. The maximum absolute atomic E-state index is 14.3. The van der Waals surface area contributed by atoms with Crippen LogP contribution in [-0.2, 0) is 21.4 Å². The molecule has 0 fully saturated rings. The molecule has 1 N–H and O–H groups in total. The number of benzene rings is 3. The molecule has 0 aromatic heterocycles. The molecule has 3 aromatic carbocycles. The Kier molecular flexibility index (Phi) is 8.05. The highest BCUT2D eigenvalue weighted by atomic mass is 79.9. The number of nitrogens with one attached hydrogen (secondary N) is 1. The van der Waals surface area contributed by atoms with Crippen molar-refractivity contribution in [2.75, 3.05) is 6.54 Å². The van der Waals surface area contributed by atoms with Gasteiger partial charge in [-0.1, -0.05) is 57.9 Å². The van der Waals surface area contributed by atoms with Crippen LogP contribution in [0.2, 0.25) is 5.02 Å². The molecule has 9 heteroatoms. The SMILES string of the molecule is C[C@@H](NC(=O)CN(Cc1ccccc1F)S(=O)(=O)c1ccc(Cl)cc1)c1ccc(Br)cc1. The zero-order valence-corrected chi connectivity index (χ0v) is 20.3. The normalized spacial score (nSPS) is 12.5. The van der Waals surface area contributed by atoms with Crippen LogP contribution in [0.25, 0.3) is 0 Å². The zero-order valence-electron chi connectivity index (χ0n) is 17.1. The molecule has 1 atom stereocenters. The first-order chi connectivity index (χ1) is 15.2. The summed E-state index contributed by atoms with van der Waals surface area (Å²) in [6.45, 7) is 1.04. The highest BCUT2D eigenvalue weighted by Crippen LogP contribution is 2.22. The number of sulfonamides is 1. The number of hydrogen-bond donors (Lipinski definition) is 1. The Bertz CT molecular complexity index is 1190. The van der Waals surface area contributed by atoms with E-state index >= 15 is 0 Å². The van der Waals surface area contributed by atoms with Crippen molar-refractivity contribution in [3.63, 3.8) is 0 Å². The number of carbonyl (C=O) groups is 1. The largest absolute Gasteiger partial charge is 0.348 e. The van der Waals surface area contributed by atoms with Crippen molar-refractivity contribution in [2.24, 2.45) is 0 Å². The smallest absolute Gasteiger partial charge is 0.243 e. The van der Waals surface area contributed by atoms with Crippen LogP contribution < -0.4 is 5.32 Å². The summed E-state index contributed by atoms with van der Waals surface area (Å²) < 4.78 is 42.6. The first-order valence-corrected chi connectivity index (χ1v) is 12.3. The van der Waals surface area contributed by atoms with E-state index in [1.807, 2.05) is 24.3 Å². The molecule has 0 radical (unpaired) electrons. The maximum Gasteiger partial charge on any atom is 0.243 e. The van der Waals surface area contributed by atoms with Crippen LogP contribution in [0.15, 0.2) is 82.2 Å². The number of nitrogens with zero attached hydrogens (tertiary/aromatic N) is 1. The first-order valence-electron chi connectivity index (χ1n) is 9.71. The Morgan fingerprint density at radius 2 is 1.69 bits per heavy atom. The summed E-state index contributed by atoms with van der Waals surface area (Å²) in [4.78, 5) is 12.7. The molecule has 32 heavy (non-hydrogen) atoms.